The molecule has 4 nitrogen and oxygen atoms in total. The van der Waals surface area contributed by atoms with Gasteiger partial charge in [-0.2, -0.15) is 0 Å². The summed E-state index contributed by atoms with van der Waals surface area (Å²) in [6.45, 7) is 0.943. The lowest BCUT2D eigenvalue weighted by Gasteiger charge is -2.08. The SMILES string of the molecule is COc1ccc(OCCNC(=O)Cc2cccs2)cc1. The van der Waals surface area contributed by atoms with Crippen LogP contribution >= 0.6 is 11.3 Å². The van der Waals surface area contributed by atoms with E-state index in [1.807, 2.05) is 41.8 Å². The Morgan fingerprint density at radius 3 is 2.60 bits per heavy atom. The lowest BCUT2D eigenvalue weighted by atomic mass is 10.3. The van der Waals surface area contributed by atoms with Crippen molar-refractivity contribution in [1.82, 2.24) is 5.32 Å². The summed E-state index contributed by atoms with van der Waals surface area (Å²) in [5.41, 5.74) is 0. The quantitative estimate of drug-likeness (QED) is 0.797. The zero-order chi connectivity index (χ0) is 14.2. The number of carbonyl (C=O) groups is 1. The molecular formula is C15H17NO3S. The van der Waals surface area contributed by atoms with Crippen LogP contribution in [0.4, 0.5) is 0 Å². The molecule has 0 aliphatic carbocycles. The van der Waals surface area contributed by atoms with E-state index in [0.717, 1.165) is 16.4 Å². The van der Waals surface area contributed by atoms with Gasteiger partial charge in [0, 0.05) is 4.88 Å². The first-order chi connectivity index (χ1) is 9.78. The number of hydrogen-bond acceptors (Lipinski definition) is 4. The van der Waals surface area contributed by atoms with Gasteiger partial charge in [0.25, 0.3) is 0 Å². The molecule has 0 aliphatic heterocycles. The molecule has 0 spiro atoms. The monoisotopic (exact) mass is 291 g/mol. The maximum atomic E-state index is 11.6. The third-order valence-corrected chi connectivity index (χ3v) is 3.54. The van der Waals surface area contributed by atoms with E-state index < -0.39 is 0 Å². The Morgan fingerprint density at radius 2 is 1.95 bits per heavy atom. The van der Waals surface area contributed by atoms with E-state index in [4.69, 9.17) is 9.47 Å². The summed E-state index contributed by atoms with van der Waals surface area (Å²) in [7, 11) is 1.62. The molecule has 1 amide bonds. The van der Waals surface area contributed by atoms with Gasteiger partial charge < -0.3 is 14.8 Å². The minimum absolute atomic E-state index is 0.0192. The molecule has 0 saturated carbocycles. The van der Waals surface area contributed by atoms with Crippen LogP contribution in [0.5, 0.6) is 11.5 Å². The first kappa shape index (κ1) is 14.4. The van der Waals surface area contributed by atoms with Crippen LogP contribution in [0.1, 0.15) is 4.88 Å². The fourth-order valence-corrected chi connectivity index (χ4v) is 2.37. The van der Waals surface area contributed by atoms with E-state index in [2.05, 4.69) is 5.32 Å². The van der Waals surface area contributed by atoms with Gasteiger partial charge in [-0.15, -0.1) is 11.3 Å². The van der Waals surface area contributed by atoms with Crippen LogP contribution in [0.2, 0.25) is 0 Å². The highest BCUT2D eigenvalue weighted by Gasteiger charge is 2.03. The number of carbonyl (C=O) groups excluding carboxylic acids is 1. The molecule has 1 N–H and O–H groups in total. The zero-order valence-electron chi connectivity index (χ0n) is 11.3. The smallest absolute Gasteiger partial charge is 0.225 e. The van der Waals surface area contributed by atoms with E-state index in [1.165, 1.54) is 0 Å². The van der Waals surface area contributed by atoms with E-state index in [-0.39, 0.29) is 5.91 Å². The van der Waals surface area contributed by atoms with E-state index in [0.29, 0.717) is 19.6 Å². The summed E-state index contributed by atoms with van der Waals surface area (Å²) in [4.78, 5) is 12.7. The fraction of sp³-hybridized carbons (Fsp3) is 0.267. The molecule has 0 unspecified atom stereocenters. The number of benzene rings is 1. The van der Waals surface area contributed by atoms with Crippen molar-refractivity contribution >= 4 is 17.2 Å². The second kappa shape index (κ2) is 7.55. The highest BCUT2D eigenvalue weighted by atomic mass is 32.1. The van der Waals surface area contributed by atoms with E-state index in [1.54, 1.807) is 18.4 Å². The number of rotatable bonds is 7. The summed E-state index contributed by atoms with van der Waals surface area (Å²) in [5.74, 6) is 1.57. The molecule has 106 valence electrons. The molecule has 20 heavy (non-hydrogen) atoms. The molecule has 0 radical (unpaired) electrons. The molecule has 2 rings (SSSR count). The van der Waals surface area contributed by atoms with Crippen LogP contribution in [0.3, 0.4) is 0 Å². The van der Waals surface area contributed by atoms with E-state index in [9.17, 15) is 4.79 Å². The lowest BCUT2D eigenvalue weighted by molar-refractivity contribution is -0.120. The van der Waals surface area contributed by atoms with Crippen LogP contribution in [0.15, 0.2) is 41.8 Å². The van der Waals surface area contributed by atoms with Crippen molar-refractivity contribution in [3.05, 3.63) is 46.7 Å². The first-order valence-corrected chi connectivity index (χ1v) is 7.22. The summed E-state index contributed by atoms with van der Waals surface area (Å²) < 4.78 is 10.6. The molecule has 0 aliphatic rings. The molecule has 0 atom stereocenters. The highest BCUT2D eigenvalue weighted by Crippen LogP contribution is 2.16. The van der Waals surface area contributed by atoms with Gasteiger partial charge in [0.05, 0.1) is 20.1 Å². The maximum Gasteiger partial charge on any atom is 0.225 e. The van der Waals surface area contributed by atoms with Crippen molar-refractivity contribution in [1.29, 1.82) is 0 Å². The van der Waals surface area contributed by atoms with Crippen LogP contribution in [-0.2, 0) is 11.2 Å². The Balaban J connectivity index is 1.64. The average Bonchev–Trinajstić information content (AvgIpc) is 2.97. The van der Waals surface area contributed by atoms with Crippen molar-refractivity contribution in [3.8, 4) is 11.5 Å². The van der Waals surface area contributed by atoms with Gasteiger partial charge >= 0.3 is 0 Å². The number of nitrogens with one attached hydrogen (secondary N) is 1. The van der Waals surface area contributed by atoms with Crippen molar-refractivity contribution in [2.45, 2.75) is 6.42 Å². The Kier molecular flexibility index (Phi) is 5.43. The second-order valence-electron chi connectivity index (χ2n) is 4.13. The lowest BCUT2D eigenvalue weighted by Crippen LogP contribution is -2.29. The topological polar surface area (TPSA) is 47.6 Å². The number of ether oxygens (including phenoxy) is 2. The average molecular weight is 291 g/mol. The molecule has 5 heteroatoms. The summed E-state index contributed by atoms with van der Waals surface area (Å²) >= 11 is 1.59. The van der Waals surface area contributed by atoms with Gasteiger partial charge in [0.2, 0.25) is 5.91 Å². The Bertz CT molecular complexity index is 523. The molecule has 1 aromatic heterocycles. The Labute approximate surface area is 122 Å². The van der Waals surface area contributed by atoms with Gasteiger partial charge in [0.1, 0.15) is 18.1 Å². The Morgan fingerprint density at radius 1 is 1.20 bits per heavy atom. The molecular weight excluding hydrogens is 274 g/mol. The molecule has 0 fully saturated rings. The second-order valence-corrected chi connectivity index (χ2v) is 5.16. The van der Waals surface area contributed by atoms with Gasteiger partial charge in [-0.1, -0.05) is 6.07 Å². The van der Waals surface area contributed by atoms with Crippen LogP contribution in [0.25, 0.3) is 0 Å². The van der Waals surface area contributed by atoms with Crippen molar-refractivity contribution in [2.24, 2.45) is 0 Å². The summed E-state index contributed by atoms with van der Waals surface area (Å²) in [6.07, 6.45) is 0.431. The van der Waals surface area contributed by atoms with Crippen LogP contribution < -0.4 is 14.8 Å². The van der Waals surface area contributed by atoms with Crippen molar-refractivity contribution < 1.29 is 14.3 Å². The standard InChI is InChI=1S/C15H17NO3S/c1-18-12-4-6-13(7-5-12)19-9-8-16-15(17)11-14-3-2-10-20-14/h2-7,10H,8-9,11H2,1H3,(H,16,17). The molecule has 0 bridgehead atoms. The number of hydrogen-bond donors (Lipinski definition) is 1. The number of methoxy groups -OCH3 is 1. The molecule has 0 saturated heterocycles. The third-order valence-electron chi connectivity index (χ3n) is 2.67. The maximum absolute atomic E-state index is 11.6. The summed E-state index contributed by atoms with van der Waals surface area (Å²) in [5, 5.41) is 4.80. The first-order valence-electron chi connectivity index (χ1n) is 6.34. The molecule has 1 aromatic carbocycles. The minimum atomic E-state index is 0.0192. The van der Waals surface area contributed by atoms with Crippen molar-refractivity contribution in [3.63, 3.8) is 0 Å². The van der Waals surface area contributed by atoms with Gasteiger partial charge in [-0.25, -0.2) is 0 Å². The van der Waals surface area contributed by atoms with Crippen LogP contribution in [-0.4, -0.2) is 26.2 Å². The van der Waals surface area contributed by atoms with E-state index >= 15 is 0 Å². The van der Waals surface area contributed by atoms with Gasteiger partial charge in [0.15, 0.2) is 0 Å². The minimum Gasteiger partial charge on any atom is -0.497 e. The number of thiophene rings is 1. The third kappa shape index (κ3) is 4.59. The zero-order valence-corrected chi connectivity index (χ0v) is 12.1. The molecule has 1 heterocycles. The fourth-order valence-electron chi connectivity index (χ4n) is 1.67. The normalized spacial score (nSPS) is 10.1. The summed E-state index contributed by atoms with van der Waals surface area (Å²) in [6, 6.07) is 11.3. The highest BCUT2D eigenvalue weighted by molar-refractivity contribution is 7.10. The predicted octanol–water partition coefficient (Wildman–Crippen LogP) is 2.49. The van der Waals surface area contributed by atoms with Crippen molar-refractivity contribution in [2.75, 3.05) is 20.3 Å². The number of amides is 1. The van der Waals surface area contributed by atoms with Crippen LogP contribution in [0, 0.1) is 0 Å². The van der Waals surface area contributed by atoms with Gasteiger partial charge in [-0.3, -0.25) is 4.79 Å². The largest absolute Gasteiger partial charge is 0.497 e. The molecule has 2 aromatic rings. The predicted molar refractivity (Wildman–Crippen MR) is 79.5 cm³/mol. The van der Waals surface area contributed by atoms with Gasteiger partial charge in [-0.05, 0) is 35.7 Å². The Hall–Kier alpha value is -2.01.